The third kappa shape index (κ3) is 4.25. The van der Waals surface area contributed by atoms with Gasteiger partial charge in [0.1, 0.15) is 0 Å². The smallest absolute Gasteiger partial charge is 0.324 e. The minimum atomic E-state index is -0.837. The van der Waals surface area contributed by atoms with Gasteiger partial charge in [0.25, 0.3) is 0 Å². The summed E-state index contributed by atoms with van der Waals surface area (Å²) in [6, 6.07) is 15.4. The number of benzene rings is 2. The van der Waals surface area contributed by atoms with E-state index in [9.17, 15) is 14.7 Å². The van der Waals surface area contributed by atoms with Crippen molar-refractivity contribution in [1.29, 1.82) is 0 Å². The molecule has 26 heavy (non-hydrogen) atoms. The molecule has 1 fully saturated rings. The highest BCUT2D eigenvalue weighted by molar-refractivity contribution is 9.10. The molecule has 6 heteroatoms. The molecule has 0 bridgehead atoms. The van der Waals surface area contributed by atoms with Crippen LogP contribution in [0.3, 0.4) is 0 Å². The molecule has 1 N–H and O–H groups in total. The molecule has 1 aliphatic rings. The van der Waals surface area contributed by atoms with Gasteiger partial charge in [0.2, 0.25) is 0 Å². The maximum Gasteiger partial charge on any atom is 0.324 e. The van der Waals surface area contributed by atoms with E-state index < -0.39 is 5.97 Å². The average molecular weight is 417 g/mol. The molecule has 2 aromatic rings. The van der Waals surface area contributed by atoms with E-state index in [1.165, 1.54) is 0 Å². The van der Waals surface area contributed by atoms with Crippen LogP contribution in [0.25, 0.3) is 0 Å². The molecule has 1 heterocycles. The normalized spacial score (nSPS) is 17.5. The number of aliphatic carboxylic acids is 1. The van der Waals surface area contributed by atoms with E-state index in [0.29, 0.717) is 19.6 Å². The first-order valence-corrected chi connectivity index (χ1v) is 9.31. The van der Waals surface area contributed by atoms with E-state index >= 15 is 0 Å². The Hall–Kier alpha value is -2.34. The van der Waals surface area contributed by atoms with Crippen LogP contribution >= 0.6 is 15.9 Å². The molecule has 136 valence electrons. The van der Waals surface area contributed by atoms with Crippen LogP contribution in [0, 0.1) is 12.8 Å². The molecule has 0 aromatic heterocycles. The fourth-order valence-corrected chi connectivity index (χ4v) is 3.56. The molecule has 1 unspecified atom stereocenters. The Kier molecular flexibility index (Phi) is 5.61. The molecule has 0 aliphatic carbocycles. The predicted octanol–water partition coefficient (Wildman–Crippen LogP) is 4.29. The Labute approximate surface area is 161 Å². The summed E-state index contributed by atoms with van der Waals surface area (Å²) in [4.78, 5) is 27.7. The zero-order valence-corrected chi connectivity index (χ0v) is 16.1. The Morgan fingerprint density at radius 1 is 1.15 bits per heavy atom. The number of hydrogen-bond donors (Lipinski definition) is 1. The standard InChI is InChI=1S/C20H21BrN2O3/c1-14-4-2-3-5-16(14)13-22-11-15(10-19(24)25)12-23(20(22)26)18-8-6-17(21)7-9-18/h2-9,15H,10-13H2,1H3,(H,24,25). The van der Waals surface area contributed by atoms with Crippen LogP contribution in [0.1, 0.15) is 17.5 Å². The molecule has 3 rings (SSSR count). The Morgan fingerprint density at radius 2 is 1.85 bits per heavy atom. The van der Waals surface area contributed by atoms with E-state index in [-0.39, 0.29) is 18.4 Å². The average Bonchev–Trinajstić information content (AvgIpc) is 2.60. The molecule has 1 aliphatic heterocycles. The first-order valence-electron chi connectivity index (χ1n) is 8.52. The molecular formula is C20H21BrN2O3. The number of nitrogens with zero attached hydrogens (tertiary/aromatic N) is 2. The largest absolute Gasteiger partial charge is 0.481 e. The SMILES string of the molecule is Cc1ccccc1CN1CC(CC(=O)O)CN(c2ccc(Br)cc2)C1=O. The van der Waals surface area contributed by atoms with Crippen molar-refractivity contribution >= 4 is 33.6 Å². The lowest BCUT2D eigenvalue weighted by atomic mass is 10.00. The van der Waals surface area contributed by atoms with Crippen molar-refractivity contribution in [2.45, 2.75) is 19.9 Å². The summed E-state index contributed by atoms with van der Waals surface area (Å²) >= 11 is 3.40. The van der Waals surface area contributed by atoms with E-state index in [0.717, 1.165) is 21.3 Å². The minimum absolute atomic E-state index is 0.0462. The van der Waals surface area contributed by atoms with E-state index in [1.807, 2.05) is 55.5 Å². The lowest BCUT2D eigenvalue weighted by Gasteiger charge is -2.40. The second-order valence-electron chi connectivity index (χ2n) is 6.64. The van der Waals surface area contributed by atoms with Gasteiger partial charge >= 0.3 is 12.0 Å². The summed E-state index contributed by atoms with van der Waals surface area (Å²) in [6.45, 7) is 3.36. The highest BCUT2D eigenvalue weighted by Gasteiger charge is 2.33. The zero-order chi connectivity index (χ0) is 18.7. The van der Waals surface area contributed by atoms with Crippen molar-refractivity contribution < 1.29 is 14.7 Å². The van der Waals surface area contributed by atoms with Gasteiger partial charge in [-0.2, -0.15) is 0 Å². The van der Waals surface area contributed by atoms with Crippen LogP contribution in [-0.4, -0.2) is 35.1 Å². The summed E-state index contributed by atoms with van der Waals surface area (Å²) in [5, 5.41) is 9.22. The highest BCUT2D eigenvalue weighted by atomic mass is 79.9. The second-order valence-corrected chi connectivity index (χ2v) is 7.56. The van der Waals surface area contributed by atoms with Crippen molar-refractivity contribution in [3.05, 3.63) is 64.1 Å². The van der Waals surface area contributed by atoms with Crippen LogP contribution in [-0.2, 0) is 11.3 Å². The lowest BCUT2D eigenvalue weighted by molar-refractivity contribution is -0.138. The molecule has 2 aromatic carbocycles. The molecule has 1 saturated heterocycles. The second kappa shape index (κ2) is 7.91. The Morgan fingerprint density at radius 3 is 2.50 bits per heavy atom. The van der Waals surface area contributed by atoms with Gasteiger partial charge in [-0.15, -0.1) is 0 Å². The number of amides is 2. The van der Waals surface area contributed by atoms with Crippen molar-refractivity contribution in [3.63, 3.8) is 0 Å². The van der Waals surface area contributed by atoms with Crippen LogP contribution in [0.15, 0.2) is 53.0 Å². The monoisotopic (exact) mass is 416 g/mol. The summed E-state index contributed by atoms with van der Waals surface area (Å²) in [5.41, 5.74) is 2.98. The molecule has 0 spiro atoms. The number of rotatable bonds is 5. The number of carboxylic acid groups (broad SMARTS) is 1. The summed E-state index contributed by atoms with van der Waals surface area (Å²) in [6.07, 6.45) is 0.0462. The molecule has 2 amide bonds. The van der Waals surface area contributed by atoms with Crippen molar-refractivity contribution in [2.24, 2.45) is 5.92 Å². The van der Waals surface area contributed by atoms with Gasteiger partial charge in [-0.25, -0.2) is 4.79 Å². The maximum absolute atomic E-state index is 13.1. The molecule has 0 radical (unpaired) electrons. The van der Waals surface area contributed by atoms with Gasteiger partial charge in [-0.3, -0.25) is 9.69 Å². The summed E-state index contributed by atoms with van der Waals surface area (Å²) < 4.78 is 0.935. The van der Waals surface area contributed by atoms with Crippen LogP contribution in [0.5, 0.6) is 0 Å². The van der Waals surface area contributed by atoms with E-state index in [1.54, 1.807) is 9.80 Å². The van der Waals surface area contributed by atoms with Crippen molar-refractivity contribution in [3.8, 4) is 0 Å². The van der Waals surface area contributed by atoms with Gasteiger partial charge in [0.15, 0.2) is 0 Å². The highest BCUT2D eigenvalue weighted by Crippen LogP contribution is 2.27. The number of carbonyl (C=O) groups is 2. The Bertz CT molecular complexity index is 807. The van der Waals surface area contributed by atoms with Gasteiger partial charge in [-0.05, 0) is 42.3 Å². The predicted molar refractivity (Wildman–Crippen MR) is 104 cm³/mol. The van der Waals surface area contributed by atoms with Gasteiger partial charge in [0, 0.05) is 35.7 Å². The number of aryl methyl sites for hydroxylation is 1. The molecule has 1 atom stereocenters. The third-order valence-electron chi connectivity index (χ3n) is 4.64. The number of urea groups is 1. The molecule has 0 saturated carbocycles. The summed E-state index contributed by atoms with van der Waals surface area (Å²) in [5.74, 6) is -0.950. The molecule has 5 nitrogen and oxygen atoms in total. The van der Waals surface area contributed by atoms with E-state index in [2.05, 4.69) is 15.9 Å². The fraction of sp³-hybridized carbons (Fsp3) is 0.300. The lowest BCUT2D eigenvalue weighted by Crippen LogP contribution is -2.53. The maximum atomic E-state index is 13.1. The first kappa shape index (κ1) is 18.5. The third-order valence-corrected chi connectivity index (χ3v) is 5.17. The topological polar surface area (TPSA) is 60.9 Å². The minimum Gasteiger partial charge on any atom is -0.481 e. The number of halogens is 1. The number of anilines is 1. The van der Waals surface area contributed by atoms with Gasteiger partial charge in [0.05, 0.1) is 6.42 Å². The summed E-state index contributed by atoms with van der Waals surface area (Å²) in [7, 11) is 0. The van der Waals surface area contributed by atoms with Crippen LogP contribution in [0.2, 0.25) is 0 Å². The fourth-order valence-electron chi connectivity index (χ4n) is 3.29. The quantitative estimate of drug-likeness (QED) is 0.790. The number of carboxylic acids is 1. The van der Waals surface area contributed by atoms with Crippen LogP contribution in [0.4, 0.5) is 10.5 Å². The van der Waals surface area contributed by atoms with E-state index in [4.69, 9.17) is 0 Å². The first-order chi connectivity index (χ1) is 12.4. The van der Waals surface area contributed by atoms with Crippen LogP contribution < -0.4 is 4.90 Å². The zero-order valence-electron chi connectivity index (χ0n) is 14.6. The molecular weight excluding hydrogens is 396 g/mol. The Balaban J connectivity index is 1.87. The van der Waals surface area contributed by atoms with Gasteiger partial charge in [-0.1, -0.05) is 40.2 Å². The van der Waals surface area contributed by atoms with Gasteiger partial charge < -0.3 is 10.0 Å². The van der Waals surface area contributed by atoms with Crippen molar-refractivity contribution in [2.75, 3.05) is 18.0 Å². The number of hydrogen-bond acceptors (Lipinski definition) is 2. The number of carbonyl (C=O) groups excluding carboxylic acids is 1. The van der Waals surface area contributed by atoms with Crippen molar-refractivity contribution in [1.82, 2.24) is 4.90 Å².